The smallest absolute Gasteiger partial charge is 0.407 e. The molecule has 22 heavy (non-hydrogen) atoms. The van der Waals surface area contributed by atoms with Gasteiger partial charge in [0.15, 0.2) is 11.5 Å². The van der Waals surface area contributed by atoms with Gasteiger partial charge in [-0.3, -0.25) is 0 Å². The third-order valence-corrected chi connectivity index (χ3v) is 2.73. The maximum atomic E-state index is 11.4. The number of amides is 1. The number of hydrogen-bond donors (Lipinski definition) is 5. The van der Waals surface area contributed by atoms with Crippen molar-refractivity contribution in [2.45, 2.75) is 39.3 Å². The normalized spacial score (nSPS) is 11.2. The number of nitrogens with one attached hydrogen (secondary N) is 2. The lowest BCUT2D eigenvalue weighted by Crippen LogP contribution is -2.33. The molecule has 0 aliphatic carbocycles. The van der Waals surface area contributed by atoms with Gasteiger partial charge >= 0.3 is 6.09 Å². The first-order chi connectivity index (χ1) is 10.2. The van der Waals surface area contributed by atoms with Crippen LogP contribution in [0.4, 0.5) is 4.79 Å². The van der Waals surface area contributed by atoms with Crippen molar-refractivity contribution in [1.82, 2.24) is 10.6 Å². The predicted molar refractivity (Wildman–Crippen MR) is 82.0 cm³/mol. The molecule has 0 atom stereocenters. The number of hydrogen-bond acceptors (Lipinski definition) is 6. The van der Waals surface area contributed by atoms with Crippen LogP contribution in [0, 0.1) is 0 Å². The van der Waals surface area contributed by atoms with Gasteiger partial charge in [-0.25, -0.2) is 4.79 Å². The Balaban J connectivity index is 2.21. The maximum Gasteiger partial charge on any atom is 0.407 e. The summed E-state index contributed by atoms with van der Waals surface area (Å²) in [5.74, 6) is -1.21. The van der Waals surface area contributed by atoms with Gasteiger partial charge in [-0.05, 0) is 39.8 Å². The van der Waals surface area contributed by atoms with E-state index in [1.165, 1.54) is 12.1 Å². The first-order valence-electron chi connectivity index (χ1n) is 7.11. The predicted octanol–water partition coefficient (Wildman–Crippen LogP) is 1.81. The molecule has 7 heteroatoms. The minimum absolute atomic E-state index is 0.334. The topological polar surface area (TPSA) is 111 Å². The zero-order chi connectivity index (χ0) is 16.8. The monoisotopic (exact) mass is 312 g/mol. The van der Waals surface area contributed by atoms with E-state index in [0.29, 0.717) is 31.6 Å². The Morgan fingerprint density at radius 3 is 2.45 bits per heavy atom. The van der Waals surface area contributed by atoms with Gasteiger partial charge in [-0.1, -0.05) is 6.07 Å². The average Bonchev–Trinajstić information content (AvgIpc) is 2.40. The fourth-order valence-corrected chi connectivity index (χ4v) is 1.69. The van der Waals surface area contributed by atoms with Crippen LogP contribution < -0.4 is 10.6 Å². The number of benzene rings is 1. The highest BCUT2D eigenvalue weighted by atomic mass is 16.6. The van der Waals surface area contributed by atoms with Crippen molar-refractivity contribution in [3.63, 3.8) is 0 Å². The van der Waals surface area contributed by atoms with Crippen molar-refractivity contribution >= 4 is 6.09 Å². The van der Waals surface area contributed by atoms with Crippen LogP contribution in [-0.2, 0) is 11.3 Å². The molecule has 0 unspecified atom stereocenters. The molecule has 0 aliphatic rings. The Bertz CT molecular complexity index is 511. The highest BCUT2D eigenvalue weighted by molar-refractivity contribution is 5.67. The number of phenols is 3. The Hall–Kier alpha value is -2.15. The van der Waals surface area contributed by atoms with E-state index in [4.69, 9.17) is 4.74 Å². The molecule has 1 rings (SSSR count). The fraction of sp³-hybridized carbons (Fsp3) is 0.533. The Kier molecular flexibility index (Phi) is 6.30. The van der Waals surface area contributed by atoms with Crippen LogP contribution in [0.3, 0.4) is 0 Å². The number of alkyl carbamates (subject to hydrolysis) is 1. The van der Waals surface area contributed by atoms with Crippen LogP contribution in [0.1, 0.15) is 32.8 Å². The molecule has 0 fully saturated rings. The fourth-order valence-electron chi connectivity index (χ4n) is 1.69. The van der Waals surface area contributed by atoms with Crippen LogP contribution in [0.2, 0.25) is 0 Å². The lowest BCUT2D eigenvalue weighted by atomic mass is 10.1. The van der Waals surface area contributed by atoms with Crippen LogP contribution in [0.5, 0.6) is 17.2 Å². The van der Waals surface area contributed by atoms with Gasteiger partial charge in [0.2, 0.25) is 5.75 Å². The van der Waals surface area contributed by atoms with Crippen LogP contribution in [0.15, 0.2) is 12.1 Å². The van der Waals surface area contributed by atoms with Crippen molar-refractivity contribution in [1.29, 1.82) is 0 Å². The van der Waals surface area contributed by atoms with Crippen molar-refractivity contribution in [2.24, 2.45) is 0 Å². The number of rotatable bonds is 6. The first kappa shape index (κ1) is 17.9. The van der Waals surface area contributed by atoms with E-state index < -0.39 is 17.4 Å². The van der Waals surface area contributed by atoms with Gasteiger partial charge in [0.25, 0.3) is 0 Å². The summed E-state index contributed by atoms with van der Waals surface area (Å²) in [7, 11) is 0. The van der Waals surface area contributed by atoms with Crippen molar-refractivity contribution in [2.75, 3.05) is 13.1 Å². The van der Waals surface area contributed by atoms with E-state index >= 15 is 0 Å². The number of ether oxygens (including phenoxy) is 1. The number of carbonyl (C=O) groups excluding carboxylic acids is 1. The molecule has 7 nitrogen and oxygen atoms in total. The van der Waals surface area contributed by atoms with Crippen LogP contribution >= 0.6 is 0 Å². The molecule has 0 saturated carbocycles. The van der Waals surface area contributed by atoms with Gasteiger partial charge in [-0.15, -0.1) is 0 Å². The zero-order valence-corrected chi connectivity index (χ0v) is 13.1. The third kappa shape index (κ3) is 6.09. The van der Waals surface area contributed by atoms with E-state index in [1.54, 1.807) is 20.8 Å². The molecule has 124 valence electrons. The van der Waals surface area contributed by atoms with E-state index in [0.717, 1.165) is 0 Å². The van der Waals surface area contributed by atoms with Crippen molar-refractivity contribution in [3.05, 3.63) is 17.7 Å². The molecule has 0 radical (unpaired) electrons. The second-order valence-corrected chi connectivity index (χ2v) is 5.90. The molecule has 5 N–H and O–H groups in total. The molecule has 0 aliphatic heterocycles. The lowest BCUT2D eigenvalue weighted by Gasteiger charge is -2.19. The Morgan fingerprint density at radius 1 is 1.14 bits per heavy atom. The average molecular weight is 312 g/mol. The minimum atomic E-state index is -0.522. The van der Waals surface area contributed by atoms with E-state index in [2.05, 4.69) is 10.6 Å². The zero-order valence-electron chi connectivity index (χ0n) is 13.1. The van der Waals surface area contributed by atoms with E-state index in [-0.39, 0.29) is 11.5 Å². The molecule has 0 heterocycles. The van der Waals surface area contributed by atoms with Gasteiger partial charge in [-0.2, -0.15) is 0 Å². The Labute approximate surface area is 129 Å². The molecule has 0 saturated heterocycles. The summed E-state index contributed by atoms with van der Waals surface area (Å²) >= 11 is 0. The second-order valence-electron chi connectivity index (χ2n) is 5.90. The molecule has 0 spiro atoms. The Morgan fingerprint density at radius 2 is 1.82 bits per heavy atom. The largest absolute Gasteiger partial charge is 0.504 e. The van der Waals surface area contributed by atoms with Crippen molar-refractivity contribution < 1.29 is 24.9 Å². The van der Waals surface area contributed by atoms with Gasteiger partial charge < -0.3 is 30.7 Å². The summed E-state index contributed by atoms with van der Waals surface area (Å²) < 4.78 is 5.10. The SMILES string of the molecule is CC(C)(C)OC(=O)NCCCNCc1ccc(O)c(O)c1O. The molecule has 1 amide bonds. The number of aromatic hydroxyl groups is 3. The van der Waals surface area contributed by atoms with Crippen LogP contribution in [0.25, 0.3) is 0 Å². The third-order valence-electron chi connectivity index (χ3n) is 2.73. The molecular weight excluding hydrogens is 288 g/mol. The maximum absolute atomic E-state index is 11.4. The van der Waals surface area contributed by atoms with Gasteiger partial charge in [0, 0.05) is 18.7 Å². The van der Waals surface area contributed by atoms with Gasteiger partial charge in [0.05, 0.1) is 0 Å². The summed E-state index contributed by atoms with van der Waals surface area (Å²) in [6, 6.07) is 2.84. The molecule has 1 aromatic rings. The summed E-state index contributed by atoms with van der Waals surface area (Å²) in [4.78, 5) is 11.4. The lowest BCUT2D eigenvalue weighted by molar-refractivity contribution is 0.0527. The van der Waals surface area contributed by atoms with Crippen LogP contribution in [-0.4, -0.2) is 40.1 Å². The van der Waals surface area contributed by atoms with E-state index in [1.807, 2.05) is 0 Å². The first-order valence-corrected chi connectivity index (χ1v) is 7.11. The van der Waals surface area contributed by atoms with E-state index in [9.17, 15) is 20.1 Å². The van der Waals surface area contributed by atoms with Gasteiger partial charge in [0.1, 0.15) is 5.60 Å². The number of phenolic OH excluding ortho intramolecular Hbond substituents is 3. The molecule has 0 bridgehead atoms. The molecule has 0 aromatic heterocycles. The summed E-state index contributed by atoms with van der Waals surface area (Å²) in [5, 5.41) is 34.0. The highest BCUT2D eigenvalue weighted by Crippen LogP contribution is 2.36. The highest BCUT2D eigenvalue weighted by Gasteiger charge is 2.15. The summed E-state index contributed by atoms with van der Waals surface area (Å²) in [5.41, 5.74) is -0.0313. The molecule has 1 aromatic carbocycles. The number of carbonyl (C=O) groups is 1. The second kappa shape index (κ2) is 7.74. The summed E-state index contributed by atoms with van der Waals surface area (Å²) in [6.07, 6.45) is 0.234. The minimum Gasteiger partial charge on any atom is -0.504 e. The standard InChI is InChI=1S/C15H24N2O5/c1-15(2,3)22-14(21)17-8-4-7-16-9-10-5-6-11(18)13(20)12(10)19/h5-6,16,18-20H,4,7-9H2,1-3H3,(H,17,21). The summed E-state index contributed by atoms with van der Waals surface area (Å²) in [6.45, 7) is 6.81. The van der Waals surface area contributed by atoms with Crippen molar-refractivity contribution in [3.8, 4) is 17.2 Å². The quantitative estimate of drug-likeness (QED) is 0.405. The molecular formula is C15H24N2O5.